The van der Waals surface area contributed by atoms with Crippen LogP contribution in [0.15, 0.2) is 54.9 Å². The molecule has 0 saturated carbocycles. The lowest BCUT2D eigenvalue weighted by Crippen LogP contribution is -2.49. The number of hydrogen-bond donors (Lipinski definition) is 3. The summed E-state index contributed by atoms with van der Waals surface area (Å²) in [6.45, 7) is 2.81. The third-order valence-corrected chi connectivity index (χ3v) is 5.27. The van der Waals surface area contributed by atoms with Crippen LogP contribution in [0, 0.1) is 11.6 Å². The number of rotatable bonds is 10. The normalized spacial score (nSPS) is 13.0. The van der Waals surface area contributed by atoms with Gasteiger partial charge in [-0.05, 0) is 41.7 Å². The SMILES string of the molecule is CCc1cccc(CNCC(O)C(Cc2cc(F)cc(F)c2)NC(=O)c2nccn2C)c1. The maximum atomic E-state index is 13.7. The Kier molecular flexibility index (Phi) is 8.08. The van der Waals surface area contributed by atoms with Crippen LogP contribution in [0.2, 0.25) is 0 Å². The second kappa shape index (κ2) is 11.0. The first-order valence-corrected chi connectivity index (χ1v) is 10.6. The van der Waals surface area contributed by atoms with E-state index in [0.29, 0.717) is 12.1 Å². The van der Waals surface area contributed by atoms with Gasteiger partial charge in [-0.3, -0.25) is 4.79 Å². The molecule has 0 aliphatic heterocycles. The number of aryl methyl sites for hydroxylation is 2. The van der Waals surface area contributed by atoms with E-state index >= 15 is 0 Å². The highest BCUT2D eigenvalue weighted by Gasteiger charge is 2.24. The van der Waals surface area contributed by atoms with Gasteiger partial charge in [-0.25, -0.2) is 13.8 Å². The van der Waals surface area contributed by atoms with Gasteiger partial charge in [-0.1, -0.05) is 31.2 Å². The van der Waals surface area contributed by atoms with Crippen LogP contribution in [0.3, 0.4) is 0 Å². The second-order valence-corrected chi connectivity index (χ2v) is 7.80. The van der Waals surface area contributed by atoms with Gasteiger partial charge < -0.3 is 20.3 Å². The number of imidazole rings is 1. The van der Waals surface area contributed by atoms with Crippen LogP contribution in [0.5, 0.6) is 0 Å². The molecule has 0 radical (unpaired) electrons. The third-order valence-electron chi connectivity index (χ3n) is 5.27. The summed E-state index contributed by atoms with van der Waals surface area (Å²) in [4.78, 5) is 16.7. The molecule has 0 spiro atoms. The molecule has 3 aromatic rings. The average Bonchev–Trinajstić information content (AvgIpc) is 3.18. The molecule has 0 aliphatic carbocycles. The molecule has 3 rings (SSSR count). The van der Waals surface area contributed by atoms with E-state index in [9.17, 15) is 18.7 Å². The summed E-state index contributed by atoms with van der Waals surface area (Å²) >= 11 is 0. The highest BCUT2D eigenvalue weighted by Crippen LogP contribution is 2.13. The molecular formula is C24H28F2N4O2. The first-order chi connectivity index (χ1) is 15.4. The van der Waals surface area contributed by atoms with Crippen molar-refractivity contribution in [1.82, 2.24) is 20.2 Å². The van der Waals surface area contributed by atoms with Crippen molar-refractivity contribution in [1.29, 1.82) is 0 Å². The van der Waals surface area contributed by atoms with E-state index in [0.717, 1.165) is 18.1 Å². The molecule has 0 aliphatic rings. The van der Waals surface area contributed by atoms with Crippen LogP contribution in [-0.4, -0.2) is 39.3 Å². The maximum absolute atomic E-state index is 13.7. The summed E-state index contributed by atoms with van der Waals surface area (Å²) in [6.07, 6.45) is 3.11. The van der Waals surface area contributed by atoms with Crippen molar-refractivity contribution in [2.45, 2.75) is 38.5 Å². The Morgan fingerprint density at radius 2 is 1.84 bits per heavy atom. The highest BCUT2D eigenvalue weighted by molar-refractivity contribution is 5.91. The van der Waals surface area contributed by atoms with Crippen LogP contribution < -0.4 is 10.6 Å². The van der Waals surface area contributed by atoms with Gasteiger partial charge in [0.1, 0.15) is 11.6 Å². The quantitative estimate of drug-likeness (QED) is 0.451. The van der Waals surface area contributed by atoms with Crippen LogP contribution in [0.4, 0.5) is 8.78 Å². The number of carbonyl (C=O) groups is 1. The summed E-state index contributed by atoms with van der Waals surface area (Å²) < 4.78 is 28.9. The minimum atomic E-state index is -1.00. The number of hydrogen-bond acceptors (Lipinski definition) is 4. The number of carbonyl (C=O) groups excluding carboxylic acids is 1. The van der Waals surface area contributed by atoms with Gasteiger partial charge >= 0.3 is 0 Å². The molecule has 0 saturated heterocycles. The van der Waals surface area contributed by atoms with Gasteiger partial charge in [0.05, 0.1) is 12.1 Å². The fourth-order valence-electron chi connectivity index (χ4n) is 3.55. The number of aliphatic hydroxyl groups is 1. The first-order valence-electron chi connectivity index (χ1n) is 10.6. The number of aliphatic hydroxyl groups excluding tert-OH is 1. The topological polar surface area (TPSA) is 79.2 Å². The van der Waals surface area contributed by atoms with Gasteiger partial charge in [0.15, 0.2) is 5.82 Å². The molecule has 0 fully saturated rings. The van der Waals surface area contributed by atoms with E-state index in [4.69, 9.17) is 0 Å². The molecule has 32 heavy (non-hydrogen) atoms. The molecule has 2 unspecified atom stereocenters. The Hall–Kier alpha value is -3.10. The molecule has 2 aromatic carbocycles. The van der Waals surface area contributed by atoms with Crippen molar-refractivity contribution in [2.24, 2.45) is 7.05 Å². The maximum Gasteiger partial charge on any atom is 0.287 e. The van der Waals surface area contributed by atoms with E-state index < -0.39 is 29.7 Å². The Balaban J connectivity index is 1.69. The van der Waals surface area contributed by atoms with Gasteiger partial charge in [-0.2, -0.15) is 0 Å². The number of aromatic nitrogens is 2. The van der Waals surface area contributed by atoms with Crippen molar-refractivity contribution in [3.05, 3.63) is 89.0 Å². The molecule has 0 bridgehead atoms. The average molecular weight is 443 g/mol. The van der Waals surface area contributed by atoms with Crippen molar-refractivity contribution in [2.75, 3.05) is 6.54 Å². The Labute approximate surface area is 186 Å². The van der Waals surface area contributed by atoms with Crippen molar-refractivity contribution in [3.63, 3.8) is 0 Å². The number of nitrogens with zero attached hydrogens (tertiary/aromatic N) is 2. The van der Waals surface area contributed by atoms with E-state index in [1.165, 1.54) is 23.9 Å². The second-order valence-electron chi connectivity index (χ2n) is 7.80. The molecule has 170 valence electrons. The zero-order valence-electron chi connectivity index (χ0n) is 18.2. The van der Waals surface area contributed by atoms with Crippen molar-refractivity contribution < 1.29 is 18.7 Å². The van der Waals surface area contributed by atoms with E-state index in [-0.39, 0.29) is 18.8 Å². The number of benzene rings is 2. The molecule has 6 nitrogen and oxygen atoms in total. The minimum Gasteiger partial charge on any atom is -0.390 e. The molecular weight excluding hydrogens is 414 g/mol. The zero-order chi connectivity index (χ0) is 23.1. The van der Waals surface area contributed by atoms with Crippen molar-refractivity contribution in [3.8, 4) is 0 Å². The summed E-state index contributed by atoms with van der Waals surface area (Å²) in [5.41, 5.74) is 2.64. The molecule has 3 N–H and O–H groups in total. The number of nitrogens with one attached hydrogen (secondary N) is 2. The smallest absolute Gasteiger partial charge is 0.287 e. The molecule has 1 aromatic heterocycles. The predicted octanol–water partition coefficient (Wildman–Crippen LogP) is 2.75. The zero-order valence-corrected chi connectivity index (χ0v) is 18.2. The molecule has 2 atom stereocenters. The molecule has 1 amide bonds. The summed E-state index contributed by atoms with van der Waals surface area (Å²) in [6, 6.07) is 10.5. The van der Waals surface area contributed by atoms with Crippen LogP contribution in [-0.2, 0) is 26.4 Å². The van der Waals surface area contributed by atoms with Crippen LogP contribution >= 0.6 is 0 Å². The Morgan fingerprint density at radius 1 is 1.12 bits per heavy atom. The monoisotopic (exact) mass is 442 g/mol. The van der Waals surface area contributed by atoms with E-state index in [2.05, 4.69) is 34.7 Å². The largest absolute Gasteiger partial charge is 0.390 e. The third kappa shape index (κ3) is 6.45. The number of halogens is 2. The van der Waals surface area contributed by atoms with Gasteiger partial charge in [0.2, 0.25) is 0 Å². The fourth-order valence-corrected chi connectivity index (χ4v) is 3.55. The van der Waals surface area contributed by atoms with Gasteiger partial charge in [0, 0.05) is 38.6 Å². The van der Waals surface area contributed by atoms with E-state index in [1.54, 1.807) is 17.8 Å². The van der Waals surface area contributed by atoms with Crippen LogP contribution in [0.25, 0.3) is 0 Å². The fraction of sp³-hybridized carbons (Fsp3) is 0.333. The summed E-state index contributed by atoms with van der Waals surface area (Å²) in [5, 5.41) is 16.8. The lowest BCUT2D eigenvalue weighted by molar-refractivity contribution is 0.0817. The highest BCUT2D eigenvalue weighted by atomic mass is 19.1. The Morgan fingerprint density at radius 3 is 2.50 bits per heavy atom. The number of amides is 1. The lowest BCUT2D eigenvalue weighted by Gasteiger charge is -2.25. The Bertz CT molecular complexity index is 1030. The van der Waals surface area contributed by atoms with Gasteiger partial charge in [0.25, 0.3) is 5.91 Å². The lowest BCUT2D eigenvalue weighted by atomic mass is 10.0. The van der Waals surface area contributed by atoms with E-state index in [1.807, 2.05) is 12.1 Å². The predicted molar refractivity (Wildman–Crippen MR) is 118 cm³/mol. The summed E-state index contributed by atoms with van der Waals surface area (Å²) in [5.74, 6) is -1.72. The van der Waals surface area contributed by atoms with Crippen molar-refractivity contribution >= 4 is 5.91 Å². The minimum absolute atomic E-state index is 0.0546. The summed E-state index contributed by atoms with van der Waals surface area (Å²) in [7, 11) is 1.68. The molecule has 8 heteroatoms. The molecule has 1 heterocycles. The van der Waals surface area contributed by atoms with Gasteiger partial charge in [-0.15, -0.1) is 0 Å². The van der Waals surface area contributed by atoms with Crippen LogP contribution in [0.1, 0.15) is 34.2 Å². The first kappa shape index (κ1) is 23.6. The standard InChI is InChI=1S/C24H28F2N4O2/c1-3-16-5-4-6-17(9-16)14-27-15-22(31)21(12-18-10-19(25)13-20(26)11-18)29-24(32)23-28-7-8-30(23)2/h4-11,13,21-22,27,31H,3,12,14-15H2,1-2H3,(H,29,32).